The number of halogens is 1. The highest BCUT2D eigenvalue weighted by molar-refractivity contribution is 5.09. The number of rotatable bonds is 3. The third kappa shape index (κ3) is 3.05. The zero-order valence-corrected chi connectivity index (χ0v) is 11.0. The molecule has 0 spiro atoms. The molecule has 1 fully saturated rings. The van der Waals surface area contributed by atoms with Gasteiger partial charge in [0.15, 0.2) is 0 Å². The van der Waals surface area contributed by atoms with Crippen LogP contribution in [-0.4, -0.2) is 14.7 Å². The van der Waals surface area contributed by atoms with E-state index in [1.165, 1.54) is 12.8 Å². The van der Waals surface area contributed by atoms with Crippen LogP contribution in [0.25, 0.3) is 0 Å². The van der Waals surface area contributed by atoms with Crippen LogP contribution in [0.3, 0.4) is 0 Å². The number of H-pyrrole nitrogens is 1. The zero-order chi connectivity index (χ0) is 14.0. The Kier molecular flexibility index (Phi) is 4.07. The van der Waals surface area contributed by atoms with E-state index >= 15 is 0 Å². The van der Waals surface area contributed by atoms with Crippen LogP contribution < -0.4 is 11.2 Å². The molecule has 0 saturated heterocycles. The Labute approximate surface area is 110 Å². The average Bonchev–Trinajstić information content (AvgIpc) is 2.36. The average molecular weight is 270 g/mol. The maximum Gasteiger partial charge on any atom is 0.331 e. The molecule has 2 rings (SSSR count). The molecule has 1 aliphatic rings. The summed E-state index contributed by atoms with van der Waals surface area (Å²) in [7, 11) is 0. The fourth-order valence-corrected chi connectivity index (χ4v) is 2.88. The second-order valence-corrected chi connectivity index (χ2v) is 5.47. The third-order valence-corrected chi connectivity index (χ3v) is 3.92. The molecule has 6 heteroatoms. The predicted molar refractivity (Wildman–Crippen MR) is 68.7 cm³/mol. The van der Waals surface area contributed by atoms with E-state index in [2.05, 4.69) is 6.92 Å². The van der Waals surface area contributed by atoms with Crippen LogP contribution in [0.15, 0.2) is 9.59 Å². The Morgan fingerprint density at radius 2 is 2.16 bits per heavy atom. The molecule has 2 N–H and O–H groups in total. The van der Waals surface area contributed by atoms with Crippen LogP contribution in [0.1, 0.15) is 39.0 Å². The maximum atomic E-state index is 13.2. The van der Waals surface area contributed by atoms with Crippen molar-refractivity contribution in [2.45, 2.75) is 45.6 Å². The first-order chi connectivity index (χ1) is 8.99. The number of nitrogens with one attached hydrogen (secondary N) is 1. The first kappa shape index (κ1) is 13.8. The van der Waals surface area contributed by atoms with Crippen molar-refractivity contribution in [3.63, 3.8) is 0 Å². The molecule has 5 nitrogen and oxygen atoms in total. The molecule has 1 aromatic rings. The molecule has 0 amide bonds. The Balaban J connectivity index is 2.10. The SMILES string of the molecule is CC1CCCC(CCn2c(O)c(F)c(=O)[nH]c2=O)C1. The second kappa shape index (κ2) is 5.59. The molecule has 106 valence electrons. The van der Waals surface area contributed by atoms with Gasteiger partial charge < -0.3 is 5.11 Å². The van der Waals surface area contributed by atoms with Crippen LogP contribution >= 0.6 is 0 Å². The molecule has 1 saturated carbocycles. The van der Waals surface area contributed by atoms with E-state index in [0.717, 1.165) is 17.4 Å². The van der Waals surface area contributed by atoms with E-state index in [9.17, 15) is 19.1 Å². The van der Waals surface area contributed by atoms with Gasteiger partial charge in [-0.1, -0.05) is 26.2 Å². The summed E-state index contributed by atoms with van der Waals surface area (Å²) in [5.74, 6) is -0.990. The quantitative estimate of drug-likeness (QED) is 0.876. The van der Waals surface area contributed by atoms with Gasteiger partial charge in [0, 0.05) is 6.54 Å². The topological polar surface area (TPSA) is 75.1 Å². The molecule has 0 radical (unpaired) electrons. The fraction of sp³-hybridized carbons (Fsp3) is 0.692. The fourth-order valence-electron chi connectivity index (χ4n) is 2.88. The molecule has 0 aliphatic heterocycles. The normalized spacial score (nSPS) is 23.5. The van der Waals surface area contributed by atoms with E-state index in [-0.39, 0.29) is 6.54 Å². The third-order valence-electron chi connectivity index (χ3n) is 3.92. The minimum Gasteiger partial charge on any atom is -0.492 e. The lowest BCUT2D eigenvalue weighted by Crippen LogP contribution is -2.32. The molecular formula is C13H19FN2O3. The van der Waals surface area contributed by atoms with Gasteiger partial charge in [0.2, 0.25) is 11.7 Å². The monoisotopic (exact) mass is 270 g/mol. The molecule has 2 atom stereocenters. The van der Waals surface area contributed by atoms with Crippen molar-refractivity contribution in [2.75, 3.05) is 0 Å². The van der Waals surface area contributed by atoms with Crippen molar-refractivity contribution in [2.24, 2.45) is 11.8 Å². The lowest BCUT2D eigenvalue weighted by atomic mass is 9.81. The molecule has 2 unspecified atom stereocenters. The Hall–Kier alpha value is -1.59. The Bertz CT molecular complexity index is 564. The number of aromatic amines is 1. The van der Waals surface area contributed by atoms with Gasteiger partial charge >= 0.3 is 5.69 Å². The standard InChI is InChI=1S/C13H19FN2O3/c1-8-3-2-4-9(7-8)5-6-16-12(18)10(14)11(17)15-13(16)19/h8-9,18H,2-7H2,1H3,(H,15,17,19). The van der Waals surface area contributed by atoms with Crippen molar-refractivity contribution in [3.05, 3.63) is 26.7 Å². The maximum absolute atomic E-state index is 13.2. The summed E-state index contributed by atoms with van der Waals surface area (Å²) in [5, 5.41) is 9.51. The highest BCUT2D eigenvalue weighted by Crippen LogP contribution is 2.31. The minimum absolute atomic E-state index is 0.232. The van der Waals surface area contributed by atoms with Crippen LogP contribution in [0.5, 0.6) is 5.88 Å². The van der Waals surface area contributed by atoms with Gasteiger partial charge in [-0.3, -0.25) is 14.3 Å². The number of hydrogen-bond donors (Lipinski definition) is 2. The highest BCUT2D eigenvalue weighted by Gasteiger charge is 2.20. The van der Waals surface area contributed by atoms with E-state index in [1.807, 2.05) is 4.98 Å². The largest absolute Gasteiger partial charge is 0.492 e. The second-order valence-electron chi connectivity index (χ2n) is 5.47. The summed E-state index contributed by atoms with van der Waals surface area (Å²) >= 11 is 0. The smallest absolute Gasteiger partial charge is 0.331 e. The summed E-state index contributed by atoms with van der Waals surface area (Å²) in [6.45, 7) is 2.44. The van der Waals surface area contributed by atoms with Crippen LogP contribution in [-0.2, 0) is 6.54 Å². The zero-order valence-electron chi connectivity index (χ0n) is 11.0. The molecule has 19 heavy (non-hydrogen) atoms. The summed E-state index contributed by atoms with van der Waals surface area (Å²) in [6.07, 6.45) is 5.32. The molecule has 0 bridgehead atoms. The van der Waals surface area contributed by atoms with Gasteiger partial charge in [-0.25, -0.2) is 4.79 Å². The first-order valence-electron chi connectivity index (χ1n) is 6.70. The van der Waals surface area contributed by atoms with Gasteiger partial charge in [-0.15, -0.1) is 0 Å². The number of aromatic nitrogens is 2. The Morgan fingerprint density at radius 1 is 1.42 bits per heavy atom. The van der Waals surface area contributed by atoms with Crippen LogP contribution in [0, 0.1) is 17.7 Å². The highest BCUT2D eigenvalue weighted by atomic mass is 19.1. The lowest BCUT2D eigenvalue weighted by molar-refractivity contribution is 0.253. The summed E-state index contributed by atoms with van der Waals surface area (Å²) < 4.78 is 14.1. The molecule has 1 aromatic heterocycles. The van der Waals surface area contributed by atoms with Crippen molar-refractivity contribution in [3.8, 4) is 5.88 Å². The van der Waals surface area contributed by atoms with Gasteiger partial charge in [-0.2, -0.15) is 4.39 Å². The molecule has 1 heterocycles. The molecular weight excluding hydrogens is 251 g/mol. The summed E-state index contributed by atoms with van der Waals surface area (Å²) in [6, 6.07) is 0. The Morgan fingerprint density at radius 3 is 2.84 bits per heavy atom. The van der Waals surface area contributed by atoms with Crippen molar-refractivity contribution in [1.82, 2.24) is 9.55 Å². The molecule has 1 aliphatic carbocycles. The van der Waals surface area contributed by atoms with Gasteiger partial charge in [0.05, 0.1) is 0 Å². The van der Waals surface area contributed by atoms with E-state index < -0.39 is 22.9 Å². The van der Waals surface area contributed by atoms with E-state index in [1.54, 1.807) is 0 Å². The van der Waals surface area contributed by atoms with E-state index in [0.29, 0.717) is 18.3 Å². The lowest BCUT2D eigenvalue weighted by Gasteiger charge is -2.26. The van der Waals surface area contributed by atoms with Crippen molar-refractivity contribution < 1.29 is 9.50 Å². The van der Waals surface area contributed by atoms with Gasteiger partial charge in [0.25, 0.3) is 5.56 Å². The summed E-state index contributed by atoms with van der Waals surface area (Å²) in [5.41, 5.74) is -1.93. The van der Waals surface area contributed by atoms with Crippen molar-refractivity contribution >= 4 is 0 Å². The van der Waals surface area contributed by atoms with Crippen LogP contribution in [0.4, 0.5) is 4.39 Å². The van der Waals surface area contributed by atoms with Crippen molar-refractivity contribution in [1.29, 1.82) is 0 Å². The minimum atomic E-state index is -1.29. The summed E-state index contributed by atoms with van der Waals surface area (Å²) in [4.78, 5) is 24.4. The predicted octanol–water partition coefficient (Wildman–Crippen LogP) is 1.60. The molecule has 0 aromatic carbocycles. The number of nitrogens with zero attached hydrogens (tertiary/aromatic N) is 1. The first-order valence-corrected chi connectivity index (χ1v) is 6.70. The number of aromatic hydroxyl groups is 1. The number of hydrogen-bond acceptors (Lipinski definition) is 3. The van der Waals surface area contributed by atoms with E-state index in [4.69, 9.17) is 0 Å². The van der Waals surface area contributed by atoms with Gasteiger partial charge in [0.1, 0.15) is 0 Å². The van der Waals surface area contributed by atoms with Crippen LogP contribution in [0.2, 0.25) is 0 Å². The van der Waals surface area contributed by atoms with Gasteiger partial charge in [-0.05, 0) is 24.7 Å².